The molecule has 0 aromatic heterocycles. The largest absolute Gasteiger partial charge is 0.419 e. The molecule has 0 spiro atoms. The maximum Gasteiger partial charge on any atom is 0.205 e. The second kappa shape index (κ2) is 7.02. The van der Waals surface area contributed by atoms with Crippen LogP contribution in [0.25, 0.3) is 0 Å². The van der Waals surface area contributed by atoms with Gasteiger partial charge in [-0.2, -0.15) is 0 Å². The van der Waals surface area contributed by atoms with E-state index in [-0.39, 0.29) is 0 Å². The van der Waals surface area contributed by atoms with Crippen LogP contribution in [-0.2, 0) is 4.43 Å². The summed E-state index contributed by atoms with van der Waals surface area (Å²) in [5.74, 6) is 0. The average Bonchev–Trinajstić information content (AvgIpc) is 2.16. The van der Waals surface area contributed by atoms with Gasteiger partial charge in [0.15, 0.2) is 0 Å². The fraction of sp³-hybridized carbons (Fsp3) is 1.00. The molecule has 0 bridgehead atoms. The summed E-state index contributed by atoms with van der Waals surface area (Å²) in [5.41, 5.74) is 0. The third-order valence-corrected chi connectivity index (χ3v) is 10.9. The fourth-order valence-electron chi connectivity index (χ4n) is 1.99. The van der Waals surface area contributed by atoms with Gasteiger partial charge in [0.25, 0.3) is 0 Å². The Hall–Kier alpha value is 0.657. The maximum absolute atomic E-state index is 5.86. The van der Waals surface area contributed by atoms with Crippen molar-refractivity contribution >= 4 is 24.2 Å². The summed E-state index contributed by atoms with van der Waals surface area (Å²) < 4.78 is 6.49. The Kier molecular flexibility index (Phi) is 7.37. The Morgan fingerprint density at radius 1 is 1.15 bits per heavy atom. The number of hydrogen-bond donors (Lipinski definition) is 0. The molecular weight excluding hydrogens is 244 g/mol. The van der Waals surface area contributed by atoms with Crippen molar-refractivity contribution < 1.29 is 4.43 Å². The Morgan fingerprint density at radius 2 is 1.62 bits per heavy atom. The lowest BCUT2D eigenvalue weighted by atomic mass is 10.5. The molecule has 0 rings (SSSR count). The van der Waals surface area contributed by atoms with Gasteiger partial charge >= 0.3 is 0 Å². The smallest absolute Gasteiger partial charge is 0.205 e. The first-order valence-electron chi connectivity index (χ1n) is 5.36. The number of hydrogen-bond acceptors (Lipinski definition) is 1. The molecule has 1 atom stereocenters. The fourth-order valence-corrected chi connectivity index (χ4v) is 7.90. The van der Waals surface area contributed by atoms with Crippen LogP contribution in [0.5, 0.6) is 0 Å². The summed E-state index contributed by atoms with van der Waals surface area (Å²) in [6, 6.07) is 2.59. The standard InChI is InChI=1S/C10H23BrOSi/c1-5-8-13(12-4,9-6-2)10(11)7-3/h10H,5-9H2,1-4H3. The summed E-state index contributed by atoms with van der Waals surface area (Å²) in [6.07, 6.45) is 3.70. The Labute approximate surface area is 92.5 Å². The zero-order valence-electron chi connectivity index (χ0n) is 9.40. The molecule has 0 saturated heterocycles. The predicted molar refractivity (Wildman–Crippen MR) is 66.0 cm³/mol. The molecule has 13 heavy (non-hydrogen) atoms. The van der Waals surface area contributed by atoms with Crippen LogP contribution < -0.4 is 0 Å². The molecule has 1 nitrogen and oxygen atoms in total. The van der Waals surface area contributed by atoms with Crippen molar-refractivity contribution in [1.82, 2.24) is 0 Å². The van der Waals surface area contributed by atoms with E-state index in [4.69, 9.17) is 4.43 Å². The van der Waals surface area contributed by atoms with Crippen molar-refractivity contribution in [3.8, 4) is 0 Å². The van der Waals surface area contributed by atoms with E-state index < -0.39 is 8.32 Å². The molecule has 0 aliphatic heterocycles. The second-order valence-electron chi connectivity index (χ2n) is 3.64. The van der Waals surface area contributed by atoms with Gasteiger partial charge in [0.2, 0.25) is 8.32 Å². The summed E-state index contributed by atoms with van der Waals surface area (Å²) >= 11 is 3.80. The Balaban J connectivity index is 4.42. The van der Waals surface area contributed by atoms with E-state index >= 15 is 0 Å². The number of halogens is 1. The van der Waals surface area contributed by atoms with Gasteiger partial charge in [-0.15, -0.1) is 0 Å². The number of alkyl halides is 1. The van der Waals surface area contributed by atoms with Crippen LogP contribution in [0.1, 0.15) is 40.0 Å². The maximum atomic E-state index is 5.86. The van der Waals surface area contributed by atoms with Gasteiger partial charge in [0, 0.05) is 11.6 Å². The van der Waals surface area contributed by atoms with Crippen molar-refractivity contribution in [3.63, 3.8) is 0 Å². The van der Waals surface area contributed by atoms with Crippen LogP contribution in [0.15, 0.2) is 0 Å². The molecule has 0 amide bonds. The average molecular weight is 267 g/mol. The van der Waals surface area contributed by atoms with E-state index in [0.29, 0.717) is 4.45 Å². The normalized spacial score (nSPS) is 14.5. The number of rotatable bonds is 7. The SMILES string of the molecule is CCC[Si](CCC)(OC)C(Br)CC. The minimum absolute atomic E-state index is 0.630. The predicted octanol–water partition coefficient (Wildman–Crippen LogP) is 4.11. The second-order valence-corrected chi connectivity index (χ2v) is 9.83. The zero-order valence-corrected chi connectivity index (χ0v) is 12.0. The molecule has 0 radical (unpaired) electrons. The Morgan fingerprint density at radius 3 is 1.85 bits per heavy atom. The first-order chi connectivity index (χ1) is 6.16. The zero-order chi connectivity index (χ0) is 10.3. The molecule has 0 fully saturated rings. The van der Waals surface area contributed by atoms with Gasteiger partial charge in [-0.1, -0.05) is 49.5 Å². The lowest BCUT2D eigenvalue weighted by molar-refractivity contribution is 0.384. The molecule has 0 aromatic carbocycles. The van der Waals surface area contributed by atoms with Gasteiger partial charge in [-0.05, 0) is 18.5 Å². The van der Waals surface area contributed by atoms with Gasteiger partial charge < -0.3 is 4.43 Å². The van der Waals surface area contributed by atoms with Crippen LogP contribution >= 0.6 is 15.9 Å². The highest BCUT2D eigenvalue weighted by atomic mass is 79.9. The van der Waals surface area contributed by atoms with Gasteiger partial charge in [-0.25, -0.2) is 0 Å². The van der Waals surface area contributed by atoms with Gasteiger partial charge in [-0.3, -0.25) is 0 Å². The van der Waals surface area contributed by atoms with Crippen LogP contribution in [0.3, 0.4) is 0 Å². The van der Waals surface area contributed by atoms with E-state index in [1.165, 1.54) is 31.4 Å². The van der Waals surface area contributed by atoms with Crippen molar-refractivity contribution in [1.29, 1.82) is 0 Å². The molecule has 80 valence electrons. The van der Waals surface area contributed by atoms with Crippen molar-refractivity contribution in [2.75, 3.05) is 7.11 Å². The Bertz CT molecular complexity index is 124. The van der Waals surface area contributed by atoms with E-state index in [2.05, 4.69) is 36.7 Å². The van der Waals surface area contributed by atoms with Crippen LogP contribution in [-0.4, -0.2) is 19.9 Å². The van der Waals surface area contributed by atoms with E-state index in [1.807, 2.05) is 7.11 Å². The van der Waals surface area contributed by atoms with E-state index in [0.717, 1.165) is 0 Å². The lowest BCUT2D eigenvalue weighted by Crippen LogP contribution is -2.46. The molecule has 0 saturated carbocycles. The highest BCUT2D eigenvalue weighted by Gasteiger charge is 2.38. The molecular formula is C10H23BrOSi. The van der Waals surface area contributed by atoms with Crippen molar-refractivity contribution in [2.45, 2.75) is 56.6 Å². The highest BCUT2D eigenvalue weighted by molar-refractivity contribution is 9.10. The molecule has 0 aromatic rings. The van der Waals surface area contributed by atoms with Crippen LogP contribution in [0.2, 0.25) is 12.1 Å². The highest BCUT2D eigenvalue weighted by Crippen LogP contribution is 2.30. The van der Waals surface area contributed by atoms with Gasteiger partial charge in [0.1, 0.15) is 0 Å². The first kappa shape index (κ1) is 13.7. The van der Waals surface area contributed by atoms with Crippen molar-refractivity contribution in [3.05, 3.63) is 0 Å². The topological polar surface area (TPSA) is 9.23 Å². The van der Waals surface area contributed by atoms with Crippen LogP contribution in [0.4, 0.5) is 0 Å². The lowest BCUT2D eigenvalue weighted by Gasteiger charge is -2.33. The first-order valence-corrected chi connectivity index (χ1v) is 8.67. The summed E-state index contributed by atoms with van der Waals surface area (Å²) in [4.78, 5) is 0. The molecule has 1 unspecified atom stereocenters. The molecule has 0 aliphatic carbocycles. The summed E-state index contributed by atoms with van der Waals surface area (Å²) in [5, 5.41) is 0. The molecule has 0 heterocycles. The monoisotopic (exact) mass is 266 g/mol. The third-order valence-electron chi connectivity index (χ3n) is 2.68. The summed E-state index contributed by atoms with van der Waals surface area (Å²) in [6.45, 7) is 6.75. The van der Waals surface area contributed by atoms with Gasteiger partial charge in [0.05, 0.1) is 0 Å². The third kappa shape index (κ3) is 3.72. The molecule has 3 heteroatoms. The minimum atomic E-state index is -1.46. The van der Waals surface area contributed by atoms with Crippen LogP contribution in [0, 0.1) is 0 Å². The van der Waals surface area contributed by atoms with Crippen molar-refractivity contribution in [2.24, 2.45) is 0 Å². The summed E-state index contributed by atoms with van der Waals surface area (Å²) in [7, 11) is 0.448. The minimum Gasteiger partial charge on any atom is -0.419 e. The molecule has 0 N–H and O–H groups in total. The molecule has 0 aliphatic rings. The quantitative estimate of drug-likeness (QED) is 0.498. The van der Waals surface area contributed by atoms with E-state index in [9.17, 15) is 0 Å². The van der Waals surface area contributed by atoms with E-state index in [1.54, 1.807) is 0 Å².